The van der Waals surface area contributed by atoms with Crippen molar-refractivity contribution in [3.63, 3.8) is 0 Å². The van der Waals surface area contributed by atoms with Gasteiger partial charge in [-0.2, -0.15) is 0 Å². The SMILES string of the molecule is COc1ccc(CC(=O)O)cc1C(C)O. The van der Waals surface area contributed by atoms with Crippen molar-refractivity contribution in [3.05, 3.63) is 29.3 Å². The van der Waals surface area contributed by atoms with Gasteiger partial charge in [0.1, 0.15) is 5.75 Å². The van der Waals surface area contributed by atoms with Crippen LogP contribution in [0.3, 0.4) is 0 Å². The van der Waals surface area contributed by atoms with Crippen LogP contribution in [0.4, 0.5) is 0 Å². The van der Waals surface area contributed by atoms with Crippen molar-refractivity contribution in [2.45, 2.75) is 19.4 Å². The van der Waals surface area contributed by atoms with Crippen LogP contribution in [0.15, 0.2) is 18.2 Å². The van der Waals surface area contributed by atoms with Gasteiger partial charge in [0.15, 0.2) is 0 Å². The van der Waals surface area contributed by atoms with Gasteiger partial charge in [0.2, 0.25) is 0 Å². The highest BCUT2D eigenvalue weighted by molar-refractivity contribution is 5.70. The number of hydrogen-bond donors (Lipinski definition) is 2. The van der Waals surface area contributed by atoms with Gasteiger partial charge in [0.25, 0.3) is 0 Å². The number of ether oxygens (including phenoxy) is 1. The Morgan fingerprint density at radius 2 is 2.20 bits per heavy atom. The molecule has 0 amide bonds. The van der Waals surface area contributed by atoms with Gasteiger partial charge < -0.3 is 14.9 Å². The van der Waals surface area contributed by atoms with Crippen molar-refractivity contribution < 1.29 is 19.7 Å². The van der Waals surface area contributed by atoms with E-state index in [2.05, 4.69) is 0 Å². The Morgan fingerprint density at radius 1 is 1.53 bits per heavy atom. The predicted molar refractivity (Wildman–Crippen MR) is 55.0 cm³/mol. The summed E-state index contributed by atoms with van der Waals surface area (Å²) in [4.78, 5) is 10.5. The number of aliphatic carboxylic acids is 1. The maximum Gasteiger partial charge on any atom is 0.307 e. The van der Waals surface area contributed by atoms with Gasteiger partial charge in [0.05, 0.1) is 19.6 Å². The van der Waals surface area contributed by atoms with E-state index in [0.717, 1.165) is 0 Å². The van der Waals surface area contributed by atoms with E-state index in [1.807, 2.05) is 0 Å². The van der Waals surface area contributed by atoms with Crippen LogP contribution in [0.1, 0.15) is 24.2 Å². The highest BCUT2D eigenvalue weighted by Gasteiger charge is 2.10. The third-order valence-electron chi connectivity index (χ3n) is 2.10. The van der Waals surface area contributed by atoms with Crippen LogP contribution in [-0.4, -0.2) is 23.3 Å². The molecule has 0 fully saturated rings. The van der Waals surface area contributed by atoms with E-state index in [9.17, 15) is 9.90 Å². The van der Waals surface area contributed by atoms with Crippen LogP contribution in [0.25, 0.3) is 0 Å². The first-order chi connectivity index (χ1) is 7.04. The first-order valence-corrected chi connectivity index (χ1v) is 4.61. The minimum atomic E-state index is -0.892. The zero-order valence-electron chi connectivity index (χ0n) is 8.73. The normalized spacial score (nSPS) is 12.2. The van der Waals surface area contributed by atoms with Crippen molar-refractivity contribution in [1.82, 2.24) is 0 Å². The highest BCUT2D eigenvalue weighted by atomic mass is 16.5. The molecule has 0 saturated carbocycles. The number of carbonyl (C=O) groups is 1. The summed E-state index contributed by atoms with van der Waals surface area (Å²) in [6, 6.07) is 5.00. The van der Waals surface area contributed by atoms with Crippen molar-refractivity contribution in [1.29, 1.82) is 0 Å². The molecule has 4 nitrogen and oxygen atoms in total. The lowest BCUT2D eigenvalue weighted by Gasteiger charge is -2.12. The minimum absolute atomic E-state index is 0.0519. The molecule has 1 unspecified atom stereocenters. The van der Waals surface area contributed by atoms with Crippen molar-refractivity contribution in [2.24, 2.45) is 0 Å². The Kier molecular flexibility index (Phi) is 3.68. The summed E-state index contributed by atoms with van der Waals surface area (Å²) in [5.41, 5.74) is 1.26. The molecule has 82 valence electrons. The second-order valence-corrected chi connectivity index (χ2v) is 3.32. The van der Waals surface area contributed by atoms with Crippen LogP contribution < -0.4 is 4.74 Å². The summed E-state index contributed by atoms with van der Waals surface area (Å²) in [5.74, 6) is -0.323. The molecule has 1 atom stereocenters. The van der Waals surface area contributed by atoms with Gasteiger partial charge in [-0.3, -0.25) is 4.79 Å². The summed E-state index contributed by atoms with van der Waals surface area (Å²) >= 11 is 0. The molecule has 4 heteroatoms. The Balaban J connectivity index is 3.04. The smallest absolute Gasteiger partial charge is 0.307 e. The highest BCUT2D eigenvalue weighted by Crippen LogP contribution is 2.26. The van der Waals surface area contributed by atoms with E-state index in [0.29, 0.717) is 16.9 Å². The first-order valence-electron chi connectivity index (χ1n) is 4.61. The largest absolute Gasteiger partial charge is 0.496 e. The number of aliphatic hydroxyl groups is 1. The fourth-order valence-corrected chi connectivity index (χ4v) is 1.39. The second-order valence-electron chi connectivity index (χ2n) is 3.32. The van der Waals surface area contributed by atoms with E-state index >= 15 is 0 Å². The summed E-state index contributed by atoms with van der Waals surface area (Å²) < 4.78 is 5.06. The zero-order valence-corrected chi connectivity index (χ0v) is 8.73. The Morgan fingerprint density at radius 3 is 2.67 bits per heavy atom. The molecule has 0 aromatic heterocycles. The van der Waals surface area contributed by atoms with E-state index in [-0.39, 0.29) is 6.42 Å². The minimum Gasteiger partial charge on any atom is -0.496 e. The molecule has 0 saturated heterocycles. The van der Waals surface area contributed by atoms with Crippen molar-refractivity contribution in [3.8, 4) is 5.75 Å². The molecule has 0 radical (unpaired) electrons. The molecular weight excluding hydrogens is 196 g/mol. The third-order valence-corrected chi connectivity index (χ3v) is 2.10. The van der Waals surface area contributed by atoms with Crippen molar-refractivity contribution >= 4 is 5.97 Å². The quantitative estimate of drug-likeness (QED) is 0.787. The molecule has 15 heavy (non-hydrogen) atoms. The number of benzene rings is 1. The molecule has 0 spiro atoms. The van der Waals surface area contributed by atoms with Gasteiger partial charge in [-0.15, -0.1) is 0 Å². The van der Waals surface area contributed by atoms with Gasteiger partial charge in [-0.1, -0.05) is 6.07 Å². The lowest BCUT2D eigenvalue weighted by atomic mass is 10.0. The molecule has 0 bridgehead atoms. The monoisotopic (exact) mass is 210 g/mol. The number of carboxylic acids is 1. The van der Waals surface area contributed by atoms with Gasteiger partial charge in [-0.25, -0.2) is 0 Å². The Bertz CT molecular complexity index is 358. The fraction of sp³-hybridized carbons (Fsp3) is 0.364. The summed E-state index contributed by atoms with van der Waals surface area (Å²) in [6.45, 7) is 1.61. The number of rotatable bonds is 4. The average Bonchev–Trinajstić information content (AvgIpc) is 2.16. The van der Waals surface area contributed by atoms with Crippen LogP contribution in [-0.2, 0) is 11.2 Å². The predicted octanol–water partition coefficient (Wildman–Crippen LogP) is 1.38. The second kappa shape index (κ2) is 4.79. The maximum atomic E-state index is 10.5. The molecule has 0 aliphatic carbocycles. The molecule has 0 heterocycles. The van der Waals surface area contributed by atoms with Crippen LogP contribution in [0.2, 0.25) is 0 Å². The van der Waals surface area contributed by atoms with E-state index in [4.69, 9.17) is 9.84 Å². The molecule has 0 aliphatic heterocycles. The summed E-state index contributed by atoms with van der Waals surface area (Å²) in [7, 11) is 1.51. The van der Waals surface area contributed by atoms with Gasteiger partial charge in [0, 0.05) is 5.56 Å². The van der Waals surface area contributed by atoms with Gasteiger partial charge >= 0.3 is 5.97 Å². The van der Waals surface area contributed by atoms with Crippen LogP contribution in [0, 0.1) is 0 Å². The number of hydrogen-bond acceptors (Lipinski definition) is 3. The lowest BCUT2D eigenvalue weighted by molar-refractivity contribution is -0.136. The van der Waals surface area contributed by atoms with Crippen molar-refractivity contribution in [2.75, 3.05) is 7.11 Å². The number of carboxylic acid groups (broad SMARTS) is 1. The number of methoxy groups -OCH3 is 1. The molecule has 1 aromatic carbocycles. The zero-order chi connectivity index (χ0) is 11.4. The Hall–Kier alpha value is -1.55. The summed E-state index contributed by atoms with van der Waals surface area (Å²) in [5, 5.41) is 18.1. The third kappa shape index (κ3) is 2.95. The molecule has 0 aliphatic rings. The first kappa shape index (κ1) is 11.5. The molecule has 1 rings (SSSR count). The number of aliphatic hydroxyl groups excluding tert-OH is 1. The molecule has 2 N–H and O–H groups in total. The molecular formula is C11H14O4. The fourth-order valence-electron chi connectivity index (χ4n) is 1.39. The standard InChI is InChI=1S/C11H14O4/c1-7(12)9-5-8(6-11(13)14)3-4-10(9)15-2/h3-5,7,12H,6H2,1-2H3,(H,13,14). The van der Waals surface area contributed by atoms with E-state index in [1.54, 1.807) is 25.1 Å². The topological polar surface area (TPSA) is 66.8 Å². The van der Waals surface area contributed by atoms with Gasteiger partial charge in [-0.05, 0) is 24.6 Å². The van der Waals surface area contributed by atoms with Crippen LogP contribution >= 0.6 is 0 Å². The molecule has 1 aromatic rings. The lowest BCUT2D eigenvalue weighted by Crippen LogP contribution is -2.03. The van der Waals surface area contributed by atoms with Crippen LogP contribution in [0.5, 0.6) is 5.75 Å². The van der Waals surface area contributed by atoms with E-state index < -0.39 is 12.1 Å². The summed E-state index contributed by atoms with van der Waals surface area (Å²) in [6.07, 6.45) is -0.724. The van der Waals surface area contributed by atoms with E-state index in [1.165, 1.54) is 7.11 Å². The maximum absolute atomic E-state index is 10.5. The average molecular weight is 210 g/mol. The Labute approximate surface area is 88.1 Å².